The summed E-state index contributed by atoms with van der Waals surface area (Å²) in [4.78, 5) is 0. The van der Waals surface area contributed by atoms with Crippen LogP contribution in [0.4, 0.5) is 13.2 Å². The van der Waals surface area contributed by atoms with Crippen LogP contribution in [-0.4, -0.2) is 17.4 Å². The van der Waals surface area contributed by atoms with Crippen molar-refractivity contribution in [3.8, 4) is 0 Å². The number of rotatable bonds is 4. The fourth-order valence-corrected chi connectivity index (χ4v) is 3.10. The molecule has 0 amide bonds. The number of hydrogen-bond acceptors (Lipinski definition) is 1. The number of aliphatic hydroxyl groups excluding tert-OH is 1. The van der Waals surface area contributed by atoms with Crippen molar-refractivity contribution < 1.29 is 18.3 Å². The molecule has 1 fully saturated rings. The average molecular weight is 252 g/mol. The highest BCUT2D eigenvalue weighted by atomic mass is 19.4. The van der Waals surface area contributed by atoms with Gasteiger partial charge in [-0.15, -0.1) is 0 Å². The van der Waals surface area contributed by atoms with Crippen molar-refractivity contribution in [2.45, 2.75) is 64.7 Å². The van der Waals surface area contributed by atoms with Crippen LogP contribution in [0, 0.1) is 17.8 Å². The molecule has 102 valence electrons. The first kappa shape index (κ1) is 14.8. The van der Waals surface area contributed by atoms with E-state index in [0.717, 1.165) is 19.3 Å². The molecule has 1 N–H and O–H groups in total. The van der Waals surface area contributed by atoms with Gasteiger partial charge < -0.3 is 5.11 Å². The van der Waals surface area contributed by atoms with Crippen LogP contribution >= 0.6 is 0 Å². The SMILES string of the molecule is CCC(CC)C(O)C1CCCCC1C(F)(F)F. The third-order valence-corrected chi connectivity index (χ3v) is 4.21. The van der Waals surface area contributed by atoms with Crippen molar-refractivity contribution in [3.63, 3.8) is 0 Å². The lowest BCUT2D eigenvalue weighted by Gasteiger charge is -2.38. The van der Waals surface area contributed by atoms with Crippen LogP contribution in [0.2, 0.25) is 0 Å². The highest BCUT2D eigenvalue weighted by Crippen LogP contribution is 2.44. The molecular weight excluding hydrogens is 229 g/mol. The maximum atomic E-state index is 12.9. The Morgan fingerprint density at radius 3 is 2.12 bits per heavy atom. The molecular formula is C13H23F3O. The predicted molar refractivity (Wildman–Crippen MR) is 61.6 cm³/mol. The van der Waals surface area contributed by atoms with Gasteiger partial charge in [0, 0.05) is 0 Å². The summed E-state index contributed by atoms with van der Waals surface area (Å²) in [6.45, 7) is 3.87. The van der Waals surface area contributed by atoms with Gasteiger partial charge in [-0.1, -0.05) is 39.5 Å². The molecule has 0 radical (unpaired) electrons. The van der Waals surface area contributed by atoms with Gasteiger partial charge in [0.1, 0.15) is 0 Å². The van der Waals surface area contributed by atoms with Crippen molar-refractivity contribution >= 4 is 0 Å². The maximum absolute atomic E-state index is 12.9. The minimum atomic E-state index is -4.15. The van der Waals surface area contributed by atoms with Crippen LogP contribution in [-0.2, 0) is 0 Å². The number of halogens is 3. The summed E-state index contributed by atoms with van der Waals surface area (Å²) in [5, 5.41) is 10.2. The lowest BCUT2D eigenvalue weighted by atomic mass is 9.72. The Hall–Kier alpha value is -0.250. The molecule has 1 nitrogen and oxygen atoms in total. The Morgan fingerprint density at radius 1 is 1.12 bits per heavy atom. The van der Waals surface area contributed by atoms with Gasteiger partial charge in [0.15, 0.2) is 0 Å². The first-order valence-corrected chi connectivity index (χ1v) is 6.66. The van der Waals surface area contributed by atoms with E-state index in [1.807, 2.05) is 13.8 Å². The molecule has 4 heteroatoms. The third kappa shape index (κ3) is 3.60. The summed E-state index contributed by atoms with van der Waals surface area (Å²) in [6, 6.07) is 0. The molecule has 1 aliphatic carbocycles. The van der Waals surface area contributed by atoms with E-state index < -0.39 is 24.1 Å². The summed E-state index contributed by atoms with van der Waals surface area (Å²) in [6.07, 6.45) is -1.30. The molecule has 0 bridgehead atoms. The molecule has 0 aromatic heterocycles. The van der Waals surface area contributed by atoms with E-state index in [9.17, 15) is 18.3 Å². The summed E-state index contributed by atoms with van der Waals surface area (Å²) in [5.74, 6) is -1.89. The Labute approximate surface area is 101 Å². The van der Waals surface area contributed by atoms with E-state index in [1.165, 1.54) is 0 Å². The van der Waals surface area contributed by atoms with Gasteiger partial charge in [-0.3, -0.25) is 0 Å². The normalized spacial score (nSPS) is 28.4. The van der Waals surface area contributed by atoms with Gasteiger partial charge in [0.2, 0.25) is 0 Å². The van der Waals surface area contributed by atoms with Crippen molar-refractivity contribution in [1.82, 2.24) is 0 Å². The molecule has 0 spiro atoms. The van der Waals surface area contributed by atoms with E-state index in [-0.39, 0.29) is 12.3 Å². The van der Waals surface area contributed by atoms with E-state index in [1.54, 1.807) is 0 Å². The Bertz CT molecular complexity index is 223. The zero-order valence-electron chi connectivity index (χ0n) is 10.6. The number of aliphatic hydroxyl groups is 1. The van der Waals surface area contributed by atoms with Gasteiger partial charge in [-0.05, 0) is 24.7 Å². The van der Waals surface area contributed by atoms with Gasteiger partial charge in [-0.2, -0.15) is 13.2 Å². The Morgan fingerprint density at radius 2 is 1.65 bits per heavy atom. The Balaban J connectivity index is 2.77. The molecule has 1 saturated carbocycles. The minimum absolute atomic E-state index is 0.00273. The molecule has 0 heterocycles. The highest BCUT2D eigenvalue weighted by Gasteiger charge is 2.48. The maximum Gasteiger partial charge on any atom is 0.392 e. The monoisotopic (exact) mass is 252 g/mol. The van der Waals surface area contributed by atoms with Gasteiger partial charge in [0.25, 0.3) is 0 Å². The van der Waals surface area contributed by atoms with Crippen LogP contribution in [0.3, 0.4) is 0 Å². The minimum Gasteiger partial charge on any atom is -0.393 e. The smallest absolute Gasteiger partial charge is 0.392 e. The molecule has 17 heavy (non-hydrogen) atoms. The van der Waals surface area contributed by atoms with Crippen LogP contribution in [0.5, 0.6) is 0 Å². The standard InChI is InChI=1S/C13H23F3O/c1-3-9(4-2)12(17)10-7-5-6-8-11(10)13(14,15)16/h9-12,17H,3-8H2,1-2H3. The van der Waals surface area contributed by atoms with Crippen LogP contribution < -0.4 is 0 Å². The van der Waals surface area contributed by atoms with E-state index in [2.05, 4.69) is 0 Å². The predicted octanol–water partition coefficient (Wildman–Crippen LogP) is 4.15. The number of hydrogen-bond donors (Lipinski definition) is 1. The van der Waals surface area contributed by atoms with E-state index in [4.69, 9.17) is 0 Å². The second kappa shape index (κ2) is 6.07. The fraction of sp³-hybridized carbons (Fsp3) is 1.00. The molecule has 0 aromatic rings. The zero-order valence-corrected chi connectivity index (χ0v) is 10.6. The third-order valence-electron chi connectivity index (χ3n) is 4.21. The van der Waals surface area contributed by atoms with Gasteiger partial charge in [0.05, 0.1) is 12.0 Å². The second-order valence-electron chi connectivity index (χ2n) is 5.16. The molecule has 3 atom stereocenters. The van der Waals surface area contributed by atoms with Crippen molar-refractivity contribution in [2.24, 2.45) is 17.8 Å². The molecule has 0 saturated heterocycles. The highest BCUT2D eigenvalue weighted by molar-refractivity contribution is 4.87. The fourth-order valence-electron chi connectivity index (χ4n) is 3.10. The summed E-state index contributed by atoms with van der Waals surface area (Å²) >= 11 is 0. The van der Waals surface area contributed by atoms with E-state index in [0.29, 0.717) is 12.8 Å². The lowest BCUT2D eigenvalue weighted by molar-refractivity contribution is -0.210. The van der Waals surface area contributed by atoms with Crippen molar-refractivity contribution in [2.75, 3.05) is 0 Å². The first-order valence-electron chi connectivity index (χ1n) is 6.66. The second-order valence-corrected chi connectivity index (χ2v) is 5.16. The lowest BCUT2D eigenvalue weighted by Crippen LogP contribution is -2.42. The topological polar surface area (TPSA) is 20.2 Å². The summed E-state index contributed by atoms with van der Waals surface area (Å²) in [7, 11) is 0. The summed E-state index contributed by atoms with van der Waals surface area (Å²) in [5.41, 5.74) is 0. The quantitative estimate of drug-likeness (QED) is 0.796. The van der Waals surface area contributed by atoms with Crippen molar-refractivity contribution in [1.29, 1.82) is 0 Å². The molecule has 3 unspecified atom stereocenters. The van der Waals surface area contributed by atoms with Crippen LogP contribution in [0.25, 0.3) is 0 Å². The average Bonchev–Trinajstić information content (AvgIpc) is 2.29. The molecule has 0 aliphatic heterocycles. The molecule has 1 aliphatic rings. The van der Waals surface area contributed by atoms with Crippen LogP contribution in [0.1, 0.15) is 52.4 Å². The first-order chi connectivity index (χ1) is 7.91. The molecule has 1 rings (SSSR count). The Kier molecular flexibility index (Phi) is 5.29. The largest absolute Gasteiger partial charge is 0.393 e. The summed E-state index contributed by atoms with van der Waals surface area (Å²) < 4.78 is 38.7. The zero-order chi connectivity index (χ0) is 13.1. The number of alkyl halides is 3. The van der Waals surface area contributed by atoms with Gasteiger partial charge >= 0.3 is 6.18 Å². The van der Waals surface area contributed by atoms with Crippen molar-refractivity contribution in [3.05, 3.63) is 0 Å². The molecule has 0 aromatic carbocycles. The van der Waals surface area contributed by atoms with Crippen LogP contribution in [0.15, 0.2) is 0 Å². The van der Waals surface area contributed by atoms with E-state index >= 15 is 0 Å². The van der Waals surface area contributed by atoms with Gasteiger partial charge in [-0.25, -0.2) is 0 Å².